The van der Waals surface area contributed by atoms with E-state index in [1.165, 1.54) is 0 Å². The third kappa shape index (κ3) is 3.86. The summed E-state index contributed by atoms with van der Waals surface area (Å²) in [4.78, 5) is 27.6. The van der Waals surface area contributed by atoms with Crippen LogP contribution in [0.5, 0.6) is 0 Å². The van der Waals surface area contributed by atoms with Crippen molar-refractivity contribution < 1.29 is 14.3 Å². The first kappa shape index (κ1) is 17.1. The molecule has 0 aromatic heterocycles. The van der Waals surface area contributed by atoms with Gasteiger partial charge in [0, 0.05) is 30.8 Å². The lowest BCUT2D eigenvalue weighted by Gasteiger charge is -2.17. The van der Waals surface area contributed by atoms with Crippen LogP contribution in [0.4, 0.5) is 0 Å². The molecule has 0 saturated heterocycles. The molecule has 1 aliphatic rings. The Morgan fingerprint density at radius 1 is 0.920 bits per heavy atom. The van der Waals surface area contributed by atoms with Crippen LogP contribution in [-0.4, -0.2) is 36.3 Å². The predicted molar refractivity (Wildman–Crippen MR) is 96.7 cm³/mol. The molecule has 1 heterocycles. The van der Waals surface area contributed by atoms with Gasteiger partial charge in [-0.25, -0.2) is 4.79 Å². The van der Waals surface area contributed by atoms with Gasteiger partial charge in [-0.15, -0.1) is 0 Å². The summed E-state index contributed by atoms with van der Waals surface area (Å²) in [6, 6.07) is 14.4. The Morgan fingerprint density at radius 2 is 1.52 bits per heavy atom. The van der Waals surface area contributed by atoms with Gasteiger partial charge in [-0.1, -0.05) is 54.6 Å². The number of carbonyl (C=O) groups excluding carboxylic acids is 2. The second-order valence-corrected chi connectivity index (χ2v) is 5.92. The molecule has 128 valence electrons. The smallest absolute Gasteiger partial charge is 0.338 e. The average molecular weight is 335 g/mol. The van der Waals surface area contributed by atoms with E-state index >= 15 is 0 Å². The molecule has 1 aliphatic heterocycles. The molecule has 4 nitrogen and oxygen atoms in total. The van der Waals surface area contributed by atoms with E-state index in [0.29, 0.717) is 23.2 Å². The van der Waals surface area contributed by atoms with E-state index in [1.54, 1.807) is 31.2 Å². The van der Waals surface area contributed by atoms with Crippen LogP contribution in [-0.2, 0) is 11.3 Å². The van der Waals surface area contributed by atoms with Gasteiger partial charge in [0.05, 0.1) is 12.2 Å². The van der Waals surface area contributed by atoms with Crippen LogP contribution in [0.15, 0.2) is 60.7 Å². The van der Waals surface area contributed by atoms with E-state index in [2.05, 4.69) is 17.1 Å². The minimum Gasteiger partial charge on any atom is -0.462 e. The lowest BCUT2D eigenvalue weighted by atomic mass is 9.95. The van der Waals surface area contributed by atoms with Gasteiger partial charge in [0.2, 0.25) is 0 Å². The van der Waals surface area contributed by atoms with E-state index < -0.39 is 5.97 Å². The molecule has 0 amide bonds. The maximum atomic E-state index is 13.1. The Balaban J connectivity index is 1.93. The van der Waals surface area contributed by atoms with Crippen molar-refractivity contribution in [2.24, 2.45) is 0 Å². The van der Waals surface area contributed by atoms with E-state index in [9.17, 15) is 9.59 Å². The number of nitrogens with zero attached hydrogens (tertiary/aromatic N) is 1. The first-order valence-corrected chi connectivity index (χ1v) is 8.46. The zero-order valence-corrected chi connectivity index (χ0v) is 14.3. The summed E-state index contributed by atoms with van der Waals surface area (Å²) in [5, 5.41) is 0. The van der Waals surface area contributed by atoms with Crippen molar-refractivity contribution in [1.29, 1.82) is 0 Å². The highest BCUT2D eigenvalue weighted by Gasteiger charge is 2.21. The van der Waals surface area contributed by atoms with Crippen LogP contribution >= 0.6 is 0 Å². The highest BCUT2D eigenvalue weighted by atomic mass is 16.5. The molecule has 25 heavy (non-hydrogen) atoms. The van der Waals surface area contributed by atoms with Crippen LogP contribution < -0.4 is 0 Å². The number of rotatable bonds is 6. The van der Waals surface area contributed by atoms with E-state index in [-0.39, 0.29) is 12.4 Å². The molecule has 0 spiro atoms. The normalized spacial score (nSPS) is 13.8. The van der Waals surface area contributed by atoms with Crippen LogP contribution in [0.3, 0.4) is 0 Å². The number of hydrogen-bond donors (Lipinski definition) is 0. The molecule has 0 N–H and O–H groups in total. The summed E-state index contributed by atoms with van der Waals surface area (Å²) in [6.07, 6.45) is 4.25. The predicted octanol–water partition coefficient (Wildman–Crippen LogP) is 3.47. The third-order valence-corrected chi connectivity index (χ3v) is 4.22. The van der Waals surface area contributed by atoms with Crippen molar-refractivity contribution in [3.8, 4) is 0 Å². The lowest BCUT2D eigenvalue weighted by molar-refractivity contribution is 0.0523. The van der Waals surface area contributed by atoms with Crippen LogP contribution in [0.2, 0.25) is 0 Å². The number of hydrogen-bond acceptors (Lipinski definition) is 4. The maximum absolute atomic E-state index is 13.1. The second kappa shape index (κ2) is 7.90. The minimum absolute atomic E-state index is 0.147. The number of ketones is 1. The van der Waals surface area contributed by atoms with Gasteiger partial charge in [0.25, 0.3) is 0 Å². The number of ether oxygens (including phenoxy) is 1. The number of benzene rings is 2. The van der Waals surface area contributed by atoms with Crippen molar-refractivity contribution in [2.75, 3.05) is 19.7 Å². The Labute approximate surface area is 147 Å². The monoisotopic (exact) mass is 335 g/mol. The fourth-order valence-corrected chi connectivity index (χ4v) is 2.98. The standard InChI is InChI=1S/C21H21NO3/c1-2-25-21(24)19-12-6-5-11-18(19)20(23)17-10-4-3-9-16(17)15-22-13-7-8-14-22/h3-12H,2,13-15H2,1H3. The van der Waals surface area contributed by atoms with Gasteiger partial charge in [-0.05, 0) is 18.6 Å². The summed E-state index contributed by atoms with van der Waals surface area (Å²) in [5.74, 6) is -0.612. The summed E-state index contributed by atoms with van der Waals surface area (Å²) in [7, 11) is 0. The second-order valence-electron chi connectivity index (χ2n) is 5.92. The highest BCUT2D eigenvalue weighted by molar-refractivity contribution is 6.15. The minimum atomic E-state index is -0.465. The Morgan fingerprint density at radius 3 is 2.20 bits per heavy atom. The molecule has 0 unspecified atom stereocenters. The van der Waals surface area contributed by atoms with Crippen molar-refractivity contribution in [3.63, 3.8) is 0 Å². The Kier molecular flexibility index (Phi) is 5.41. The van der Waals surface area contributed by atoms with Crippen molar-refractivity contribution >= 4 is 11.8 Å². The van der Waals surface area contributed by atoms with Gasteiger partial charge >= 0.3 is 5.97 Å². The SMILES string of the molecule is CCOC(=O)c1ccccc1C(=O)c1ccccc1CN1CC=CC1. The van der Waals surface area contributed by atoms with Crippen LogP contribution in [0.25, 0.3) is 0 Å². The fourth-order valence-electron chi connectivity index (χ4n) is 2.98. The summed E-state index contributed by atoms with van der Waals surface area (Å²) in [6.45, 7) is 4.52. The zero-order chi connectivity index (χ0) is 17.6. The molecule has 4 heteroatoms. The molecule has 0 bridgehead atoms. The van der Waals surface area contributed by atoms with Gasteiger partial charge in [-0.2, -0.15) is 0 Å². The summed E-state index contributed by atoms with van der Waals surface area (Å²) >= 11 is 0. The molecule has 0 aliphatic carbocycles. The highest BCUT2D eigenvalue weighted by Crippen LogP contribution is 2.20. The maximum Gasteiger partial charge on any atom is 0.338 e. The molecular weight excluding hydrogens is 314 g/mol. The van der Waals surface area contributed by atoms with Gasteiger partial charge in [0.1, 0.15) is 0 Å². The van der Waals surface area contributed by atoms with Crippen molar-refractivity contribution in [2.45, 2.75) is 13.5 Å². The molecule has 2 aromatic carbocycles. The summed E-state index contributed by atoms with van der Waals surface area (Å²) < 4.78 is 5.08. The first-order valence-electron chi connectivity index (χ1n) is 8.46. The Hall–Kier alpha value is -2.72. The van der Waals surface area contributed by atoms with E-state index in [1.807, 2.05) is 24.3 Å². The first-order chi connectivity index (χ1) is 12.2. The van der Waals surface area contributed by atoms with Crippen molar-refractivity contribution in [3.05, 3.63) is 82.9 Å². The van der Waals surface area contributed by atoms with Crippen LogP contribution in [0.1, 0.15) is 38.8 Å². The van der Waals surface area contributed by atoms with Crippen molar-refractivity contribution in [1.82, 2.24) is 4.90 Å². The van der Waals surface area contributed by atoms with E-state index in [4.69, 9.17) is 4.74 Å². The third-order valence-electron chi connectivity index (χ3n) is 4.22. The van der Waals surface area contributed by atoms with Gasteiger partial charge in [-0.3, -0.25) is 9.69 Å². The molecule has 0 atom stereocenters. The number of esters is 1. The summed E-state index contributed by atoms with van der Waals surface area (Å²) in [5.41, 5.74) is 2.29. The zero-order valence-electron chi connectivity index (χ0n) is 14.3. The molecule has 0 saturated carbocycles. The van der Waals surface area contributed by atoms with Crippen LogP contribution in [0, 0.1) is 0 Å². The molecule has 3 rings (SSSR count). The fraction of sp³-hybridized carbons (Fsp3) is 0.238. The lowest BCUT2D eigenvalue weighted by Crippen LogP contribution is -2.21. The van der Waals surface area contributed by atoms with Gasteiger partial charge < -0.3 is 4.74 Å². The molecule has 0 radical (unpaired) electrons. The molecule has 0 fully saturated rings. The number of carbonyl (C=O) groups is 2. The van der Waals surface area contributed by atoms with E-state index in [0.717, 1.165) is 18.7 Å². The topological polar surface area (TPSA) is 46.6 Å². The quantitative estimate of drug-likeness (QED) is 0.461. The van der Waals surface area contributed by atoms with Gasteiger partial charge in [0.15, 0.2) is 5.78 Å². The average Bonchev–Trinajstić information content (AvgIpc) is 3.15. The molecular formula is C21H21NO3. The molecule has 2 aromatic rings. The largest absolute Gasteiger partial charge is 0.462 e. The Bertz CT molecular complexity index is 802.